The fourth-order valence-corrected chi connectivity index (χ4v) is 5.49. The van der Waals surface area contributed by atoms with Gasteiger partial charge in [0.1, 0.15) is 11.7 Å². The van der Waals surface area contributed by atoms with E-state index in [0.29, 0.717) is 5.56 Å². The molecular weight excluding hydrogens is 512 g/mol. The summed E-state index contributed by atoms with van der Waals surface area (Å²) in [4.78, 5) is 9.95. The molecule has 1 atom stereocenters. The second-order valence-corrected chi connectivity index (χ2v) is 10.2. The number of amidine groups is 2. The van der Waals surface area contributed by atoms with Crippen LogP contribution in [0.15, 0.2) is 156 Å². The Bertz CT molecular complexity index is 2000. The average molecular weight is 539 g/mol. The van der Waals surface area contributed by atoms with Crippen LogP contribution in [0.1, 0.15) is 28.4 Å². The monoisotopic (exact) mass is 538 g/mol. The first kappa shape index (κ1) is 25.2. The van der Waals surface area contributed by atoms with Gasteiger partial charge in [0.25, 0.3) is 0 Å². The maximum atomic E-state index is 9.41. The summed E-state index contributed by atoms with van der Waals surface area (Å²) in [6.45, 7) is 0. The number of benzene rings is 6. The van der Waals surface area contributed by atoms with Gasteiger partial charge in [0, 0.05) is 11.1 Å². The lowest BCUT2D eigenvalue weighted by Crippen LogP contribution is -2.36. The number of rotatable bonds is 5. The van der Waals surface area contributed by atoms with Crippen molar-refractivity contribution in [2.24, 2.45) is 9.98 Å². The van der Waals surface area contributed by atoms with Gasteiger partial charge >= 0.3 is 0 Å². The van der Waals surface area contributed by atoms with Gasteiger partial charge in [-0.2, -0.15) is 5.26 Å². The van der Waals surface area contributed by atoms with Crippen LogP contribution < -0.4 is 5.32 Å². The van der Waals surface area contributed by atoms with Gasteiger partial charge < -0.3 is 5.32 Å². The molecule has 0 saturated heterocycles. The van der Waals surface area contributed by atoms with Crippen molar-refractivity contribution in [2.45, 2.75) is 6.17 Å². The lowest BCUT2D eigenvalue weighted by atomic mass is 9.92. The van der Waals surface area contributed by atoms with Crippen molar-refractivity contribution < 1.29 is 0 Å². The molecule has 0 fully saturated rings. The Labute approximate surface area is 245 Å². The third-order valence-electron chi connectivity index (χ3n) is 7.58. The molecule has 4 nitrogen and oxygen atoms in total. The summed E-state index contributed by atoms with van der Waals surface area (Å²) in [5.41, 5.74) is 8.16. The second-order valence-electron chi connectivity index (χ2n) is 10.2. The molecule has 1 aliphatic rings. The van der Waals surface area contributed by atoms with Gasteiger partial charge in [-0.05, 0) is 50.7 Å². The summed E-state index contributed by atoms with van der Waals surface area (Å²) >= 11 is 0. The molecule has 198 valence electrons. The van der Waals surface area contributed by atoms with Gasteiger partial charge in [-0.3, -0.25) is 0 Å². The summed E-state index contributed by atoms with van der Waals surface area (Å²) in [7, 11) is 0. The van der Waals surface area contributed by atoms with E-state index in [4.69, 9.17) is 9.98 Å². The Hall–Kier alpha value is -5.79. The third kappa shape index (κ3) is 4.85. The van der Waals surface area contributed by atoms with Gasteiger partial charge in [0.05, 0.1) is 11.6 Å². The fraction of sp³-hybridized carbons (Fsp3) is 0.0263. The summed E-state index contributed by atoms with van der Waals surface area (Å²) in [6, 6.07) is 51.7. The number of hydrogen-bond acceptors (Lipinski definition) is 4. The minimum Gasteiger partial charge on any atom is -0.324 e. The first-order valence-electron chi connectivity index (χ1n) is 13.9. The van der Waals surface area contributed by atoms with Gasteiger partial charge in [-0.25, -0.2) is 9.98 Å². The Morgan fingerprint density at radius 2 is 1.02 bits per heavy atom. The highest BCUT2D eigenvalue weighted by molar-refractivity contribution is 6.16. The first-order valence-corrected chi connectivity index (χ1v) is 13.9. The zero-order chi connectivity index (χ0) is 28.3. The second kappa shape index (κ2) is 11.0. The van der Waals surface area contributed by atoms with Gasteiger partial charge in [-0.1, -0.05) is 133 Å². The lowest BCUT2D eigenvalue weighted by molar-refractivity contribution is 0.756. The minimum absolute atomic E-state index is 0.326. The number of nitrogens with one attached hydrogen (secondary N) is 1. The van der Waals surface area contributed by atoms with Gasteiger partial charge in [-0.15, -0.1) is 0 Å². The van der Waals surface area contributed by atoms with Crippen LogP contribution in [0.2, 0.25) is 0 Å². The zero-order valence-electron chi connectivity index (χ0n) is 22.8. The number of nitrogens with zero attached hydrogens (tertiary/aromatic N) is 3. The van der Waals surface area contributed by atoms with Crippen LogP contribution in [0.4, 0.5) is 0 Å². The highest BCUT2D eigenvalue weighted by Gasteiger charge is 2.20. The molecule has 1 N–H and O–H groups in total. The Balaban J connectivity index is 1.25. The predicted molar refractivity (Wildman–Crippen MR) is 171 cm³/mol. The summed E-state index contributed by atoms with van der Waals surface area (Å²) in [6.07, 6.45) is -0.326. The molecule has 0 aliphatic carbocycles. The molecule has 4 heteroatoms. The molecule has 42 heavy (non-hydrogen) atoms. The molecular formula is C38H26N4. The molecule has 0 amide bonds. The predicted octanol–water partition coefficient (Wildman–Crippen LogP) is 8.54. The van der Waals surface area contributed by atoms with Crippen molar-refractivity contribution in [1.82, 2.24) is 5.32 Å². The lowest BCUT2D eigenvalue weighted by Gasteiger charge is -2.22. The average Bonchev–Trinajstić information content (AvgIpc) is 3.08. The van der Waals surface area contributed by atoms with E-state index in [1.807, 2.05) is 54.6 Å². The van der Waals surface area contributed by atoms with Crippen molar-refractivity contribution in [3.05, 3.63) is 168 Å². The van der Waals surface area contributed by atoms with E-state index in [9.17, 15) is 5.26 Å². The molecule has 6 aromatic carbocycles. The highest BCUT2D eigenvalue weighted by atomic mass is 15.2. The van der Waals surface area contributed by atoms with Crippen molar-refractivity contribution in [3.8, 4) is 28.3 Å². The quantitative estimate of drug-likeness (QED) is 0.239. The van der Waals surface area contributed by atoms with Crippen LogP contribution in [0.5, 0.6) is 0 Å². The SMILES string of the molecule is N#Cc1cccc(-c2cccc3c(-c4ccc(C5=NC(c6ccccc6)N=C(c6ccccc6)N5)cc4)cccc23)c1. The molecule has 0 saturated carbocycles. The topological polar surface area (TPSA) is 60.5 Å². The summed E-state index contributed by atoms with van der Waals surface area (Å²) in [5, 5.41) is 15.2. The van der Waals surface area contributed by atoms with E-state index in [2.05, 4.69) is 102 Å². The largest absolute Gasteiger partial charge is 0.324 e. The molecule has 0 radical (unpaired) electrons. The molecule has 0 bridgehead atoms. The van der Waals surface area contributed by atoms with Gasteiger partial charge in [0.2, 0.25) is 0 Å². The van der Waals surface area contributed by atoms with E-state index in [0.717, 1.165) is 56.0 Å². The van der Waals surface area contributed by atoms with E-state index >= 15 is 0 Å². The maximum Gasteiger partial charge on any atom is 0.169 e. The third-order valence-corrected chi connectivity index (χ3v) is 7.58. The van der Waals surface area contributed by atoms with Crippen molar-refractivity contribution in [2.75, 3.05) is 0 Å². The number of aliphatic imine (C=N–C) groups is 2. The molecule has 1 unspecified atom stereocenters. The maximum absolute atomic E-state index is 9.41. The smallest absolute Gasteiger partial charge is 0.169 e. The van der Waals surface area contributed by atoms with E-state index in [-0.39, 0.29) is 6.17 Å². The van der Waals surface area contributed by atoms with Crippen LogP contribution >= 0.6 is 0 Å². The van der Waals surface area contributed by atoms with E-state index < -0.39 is 0 Å². The number of fused-ring (bicyclic) bond motifs is 1. The first-order chi connectivity index (χ1) is 20.8. The van der Waals surface area contributed by atoms with Crippen molar-refractivity contribution >= 4 is 22.4 Å². The molecule has 0 spiro atoms. The normalized spacial score (nSPS) is 14.4. The van der Waals surface area contributed by atoms with Crippen LogP contribution in [-0.4, -0.2) is 11.7 Å². The Morgan fingerprint density at radius 3 is 1.67 bits per heavy atom. The Morgan fingerprint density at radius 1 is 0.500 bits per heavy atom. The molecule has 1 aliphatic heterocycles. The number of hydrogen-bond donors (Lipinski definition) is 1. The van der Waals surface area contributed by atoms with Gasteiger partial charge in [0.15, 0.2) is 6.17 Å². The van der Waals surface area contributed by atoms with Crippen LogP contribution in [0.25, 0.3) is 33.0 Å². The van der Waals surface area contributed by atoms with Crippen molar-refractivity contribution in [1.29, 1.82) is 5.26 Å². The molecule has 7 rings (SSSR count). The minimum atomic E-state index is -0.326. The van der Waals surface area contributed by atoms with E-state index in [1.54, 1.807) is 0 Å². The molecule has 0 aromatic heterocycles. The van der Waals surface area contributed by atoms with Crippen LogP contribution in [0, 0.1) is 11.3 Å². The summed E-state index contributed by atoms with van der Waals surface area (Å²) < 4.78 is 0. The highest BCUT2D eigenvalue weighted by Crippen LogP contribution is 2.35. The standard InChI is InChI=1S/C38H26N4/c39-25-26-10-7-15-31(24-26)33-17-9-18-34-32(16-8-19-35(33)34)27-20-22-30(23-21-27)38-41-36(28-11-3-1-4-12-28)40-37(42-38)29-13-5-2-6-14-29/h1-24,36H,(H,40,41,42). The Kier molecular flexibility index (Phi) is 6.60. The summed E-state index contributed by atoms with van der Waals surface area (Å²) in [5.74, 6) is 1.60. The van der Waals surface area contributed by atoms with Crippen molar-refractivity contribution in [3.63, 3.8) is 0 Å². The molecule has 6 aromatic rings. The van der Waals surface area contributed by atoms with Crippen LogP contribution in [-0.2, 0) is 0 Å². The van der Waals surface area contributed by atoms with E-state index in [1.165, 1.54) is 5.39 Å². The zero-order valence-corrected chi connectivity index (χ0v) is 22.8. The van der Waals surface area contributed by atoms with Crippen LogP contribution in [0.3, 0.4) is 0 Å². The molecule has 1 heterocycles. The fourth-order valence-electron chi connectivity index (χ4n) is 5.49. The number of nitriles is 1.